The van der Waals surface area contributed by atoms with E-state index in [2.05, 4.69) is 20.5 Å². The van der Waals surface area contributed by atoms with Crippen molar-refractivity contribution in [3.63, 3.8) is 0 Å². The molecule has 110 valence electrons. The Morgan fingerprint density at radius 1 is 1.43 bits per heavy atom. The van der Waals surface area contributed by atoms with E-state index in [0.717, 1.165) is 18.4 Å². The molecular weight excluding hydrogens is 270 g/mol. The molecule has 0 aliphatic heterocycles. The van der Waals surface area contributed by atoms with E-state index in [9.17, 15) is 9.90 Å². The summed E-state index contributed by atoms with van der Waals surface area (Å²) < 4.78 is 1.58. The number of pyridine rings is 1. The number of carboxylic acids is 1. The first-order chi connectivity index (χ1) is 10.1. The van der Waals surface area contributed by atoms with Crippen molar-refractivity contribution in [1.82, 2.24) is 25.2 Å². The van der Waals surface area contributed by atoms with Gasteiger partial charge in [-0.25, -0.2) is 4.68 Å². The lowest BCUT2D eigenvalue weighted by molar-refractivity contribution is -0.149. The van der Waals surface area contributed by atoms with Crippen molar-refractivity contribution in [3.8, 4) is 11.5 Å². The van der Waals surface area contributed by atoms with Crippen LogP contribution >= 0.6 is 0 Å². The zero-order valence-corrected chi connectivity index (χ0v) is 11.9. The van der Waals surface area contributed by atoms with Crippen LogP contribution in [0.1, 0.15) is 31.2 Å². The highest BCUT2D eigenvalue weighted by Gasteiger charge is 2.42. The van der Waals surface area contributed by atoms with Crippen LogP contribution in [-0.2, 0) is 11.3 Å². The monoisotopic (exact) mass is 287 g/mol. The quantitative estimate of drug-likeness (QED) is 0.919. The van der Waals surface area contributed by atoms with Crippen molar-refractivity contribution in [3.05, 3.63) is 23.9 Å². The molecule has 0 spiro atoms. The average Bonchev–Trinajstić information content (AvgIpc) is 3.10. The summed E-state index contributed by atoms with van der Waals surface area (Å²) in [6.07, 6.45) is 4.90. The molecule has 1 aliphatic carbocycles. The van der Waals surface area contributed by atoms with Gasteiger partial charge in [-0.15, -0.1) is 5.10 Å². The van der Waals surface area contributed by atoms with E-state index in [1.807, 2.05) is 19.1 Å². The van der Waals surface area contributed by atoms with Crippen molar-refractivity contribution in [1.29, 1.82) is 0 Å². The number of hydrogen-bond donors (Lipinski definition) is 1. The molecule has 1 fully saturated rings. The van der Waals surface area contributed by atoms with Gasteiger partial charge in [-0.2, -0.15) is 0 Å². The van der Waals surface area contributed by atoms with Crippen LogP contribution in [0.3, 0.4) is 0 Å². The van der Waals surface area contributed by atoms with Crippen molar-refractivity contribution < 1.29 is 9.90 Å². The number of nitrogens with zero attached hydrogens (tertiary/aromatic N) is 5. The smallest absolute Gasteiger partial charge is 0.311 e. The number of rotatable bonds is 4. The number of aliphatic carboxylic acids is 1. The Labute approximate surface area is 122 Å². The Bertz CT molecular complexity index is 661. The largest absolute Gasteiger partial charge is 0.481 e. The first kappa shape index (κ1) is 13.7. The summed E-state index contributed by atoms with van der Waals surface area (Å²) in [5.74, 6) is -0.236. The summed E-state index contributed by atoms with van der Waals surface area (Å²) in [6, 6.07) is 3.78. The second kappa shape index (κ2) is 5.23. The highest BCUT2D eigenvalue weighted by Crippen LogP contribution is 2.40. The summed E-state index contributed by atoms with van der Waals surface area (Å²) in [4.78, 5) is 16.0. The summed E-state index contributed by atoms with van der Waals surface area (Å²) in [7, 11) is 0. The van der Waals surface area contributed by atoms with E-state index >= 15 is 0 Å². The fourth-order valence-electron chi connectivity index (χ4n) is 2.98. The first-order valence-corrected chi connectivity index (χ1v) is 7.04. The Morgan fingerprint density at radius 3 is 2.86 bits per heavy atom. The van der Waals surface area contributed by atoms with Gasteiger partial charge in [-0.1, -0.05) is 18.9 Å². The Morgan fingerprint density at radius 2 is 2.19 bits per heavy atom. The number of carbonyl (C=O) groups is 1. The lowest BCUT2D eigenvalue weighted by Gasteiger charge is -2.23. The van der Waals surface area contributed by atoms with Gasteiger partial charge in [0, 0.05) is 6.20 Å². The van der Waals surface area contributed by atoms with E-state index < -0.39 is 11.4 Å². The third-order valence-corrected chi connectivity index (χ3v) is 4.22. The molecule has 2 aromatic heterocycles. The van der Waals surface area contributed by atoms with Crippen LogP contribution in [0.25, 0.3) is 11.5 Å². The van der Waals surface area contributed by atoms with Crippen molar-refractivity contribution in [2.45, 2.75) is 39.2 Å². The van der Waals surface area contributed by atoms with Crippen LogP contribution < -0.4 is 0 Å². The van der Waals surface area contributed by atoms with Crippen LogP contribution in [0.2, 0.25) is 0 Å². The predicted molar refractivity (Wildman–Crippen MR) is 74.3 cm³/mol. The number of carboxylic acid groups (broad SMARTS) is 1. The van der Waals surface area contributed by atoms with Crippen LogP contribution in [-0.4, -0.2) is 36.3 Å². The van der Waals surface area contributed by atoms with Crippen LogP contribution in [0.5, 0.6) is 0 Å². The summed E-state index contributed by atoms with van der Waals surface area (Å²) in [6.45, 7) is 2.23. The maximum atomic E-state index is 11.7. The van der Waals surface area contributed by atoms with Crippen LogP contribution in [0.4, 0.5) is 0 Å². The second-order valence-corrected chi connectivity index (χ2v) is 5.62. The highest BCUT2D eigenvalue weighted by atomic mass is 16.4. The Kier molecular flexibility index (Phi) is 3.40. The molecule has 0 saturated heterocycles. The molecule has 0 bridgehead atoms. The normalized spacial score (nSPS) is 17.0. The molecule has 3 rings (SSSR count). The predicted octanol–water partition coefficient (Wildman–Crippen LogP) is 1.69. The molecule has 7 heteroatoms. The van der Waals surface area contributed by atoms with E-state index in [4.69, 9.17) is 0 Å². The standard InChI is InChI=1S/C14H17N5O2/c1-10-5-4-8-15-11(10)12-16-17-18-19(12)9-14(13(20)21)6-2-3-7-14/h4-5,8H,2-3,6-7,9H2,1H3,(H,20,21). The lowest BCUT2D eigenvalue weighted by atomic mass is 9.86. The Hall–Kier alpha value is -2.31. The fourth-order valence-corrected chi connectivity index (χ4v) is 2.98. The maximum Gasteiger partial charge on any atom is 0.311 e. The molecule has 0 aromatic carbocycles. The highest BCUT2D eigenvalue weighted by molar-refractivity contribution is 5.75. The van der Waals surface area contributed by atoms with Gasteiger partial charge in [-0.05, 0) is 41.8 Å². The molecule has 1 aliphatic rings. The summed E-state index contributed by atoms with van der Waals surface area (Å²) in [5, 5.41) is 21.3. The minimum Gasteiger partial charge on any atom is -0.481 e. The van der Waals surface area contributed by atoms with Gasteiger partial charge < -0.3 is 5.11 Å². The summed E-state index contributed by atoms with van der Waals surface area (Å²) >= 11 is 0. The first-order valence-electron chi connectivity index (χ1n) is 7.04. The molecule has 2 heterocycles. The van der Waals surface area contributed by atoms with E-state index in [1.54, 1.807) is 10.9 Å². The average molecular weight is 287 g/mol. The van der Waals surface area contributed by atoms with Crippen LogP contribution in [0, 0.1) is 12.3 Å². The van der Waals surface area contributed by atoms with E-state index in [1.165, 1.54) is 0 Å². The lowest BCUT2D eigenvalue weighted by Crippen LogP contribution is -2.33. The molecule has 1 saturated carbocycles. The molecule has 2 aromatic rings. The van der Waals surface area contributed by atoms with Gasteiger partial charge in [0.15, 0.2) is 0 Å². The van der Waals surface area contributed by atoms with Gasteiger partial charge in [0.25, 0.3) is 0 Å². The number of hydrogen-bond acceptors (Lipinski definition) is 5. The minimum atomic E-state index is -0.765. The van der Waals surface area contributed by atoms with Crippen molar-refractivity contribution in [2.24, 2.45) is 5.41 Å². The third kappa shape index (κ3) is 2.39. The number of aryl methyl sites for hydroxylation is 1. The molecule has 1 N–H and O–H groups in total. The van der Waals surface area contributed by atoms with Gasteiger partial charge in [-0.3, -0.25) is 9.78 Å². The molecular formula is C14H17N5O2. The topological polar surface area (TPSA) is 93.8 Å². The zero-order valence-electron chi connectivity index (χ0n) is 11.9. The Balaban J connectivity index is 1.97. The molecule has 21 heavy (non-hydrogen) atoms. The second-order valence-electron chi connectivity index (χ2n) is 5.62. The molecule has 0 radical (unpaired) electrons. The molecule has 0 amide bonds. The van der Waals surface area contributed by atoms with Gasteiger partial charge >= 0.3 is 5.97 Å². The molecule has 7 nitrogen and oxygen atoms in total. The van der Waals surface area contributed by atoms with Crippen molar-refractivity contribution in [2.75, 3.05) is 0 Å². The maximum absolute atomic E-state index is 11.7. The SMILES string of the molecule is Cc1cccnc1-c1nnnn1CC1(C(=O)O)CCCC1. The summed E-state index contributed by atoms with van der Waals surface area (Å²) in [5.41, 5.74) is 0.901. The molecule has 0 unspecified atom stereocenters. The fraction of sp³-hybridized carbons (Fsp3) is 0.500. The molecule has 0 atom stereocenters. The third-order valence-electron chi connectivity index (χ3n) is 4.22. The number of tetrazole rings is 1. The van der Waals surface area contributed by atoms with Crippen molar-refractivity contribution >= 4 is 5.97 Å². The zero-order chi connectivity index (χ0) is 14.9. The van der Waals surface area contributed by atoms with Gasteiger partial charge in [0.2, 0.25) is 5.82 Å². The minimum absolute atomic E-state index is 0.292. The van der Waals surface area contributed by atoms with Crippen LogP contribution in [0.15, 0.2) is 18.3 Å². The van der Waals surface area contributed by atoms with Gasteiger partial charge in [0.1, 0.15) is 5.69 Å². The van der Waals surface area contributed by atoms with E-state index in [-0.39, 0.29) is 0 Å². The van der Waals surface area contributed by atoms with E-state index in [0.29, 0.717) is 30.9 Å². The van der Waals surface area contributed by atoms with Gasteiger partial charge in [0.05, 0.1) is 12.0 Å². The number of aromatic nitrogens is 5.